The molecule has 1 aromatic heterocycles. The minimum absolute atomic E-state index is 0.0638. The molecule has 0 radical (unpaired) electrons. The molecule has 0 saturated carbocycles. The van der Waals surface area contributed by atoms with Crippen LogP contribution in [0.2, 0.25) is 0 Å². The number of carbonyl (C=O) groups excluding carboxylic acids is 3. The number of hydrogen-bond acceptors (Lipinski definition) is 7. The van der Waals surface area contributed by atoms with E-state index in [9.17, 15) is 14.4 Å². The highest BCUT2D eigenvalue weighted by Gasteiger charge is 2.41. The van der Waals surface area contributed by atoms with E-state index in [1.54, 1.807) is 17.5 Å². The second kappa shape index (κ2) is 15.0. The second-order valence-electron chi connectivity index (χ2n) is 10.3. The SMILES string of the molecule is C=C[C@@H](NC(=O)[C@@H]1C[C@@H](Oc2ccc(C)cc2)CN1C(=O)CNC(=O)CCCOc1ccccc1)c1cc(C(=N)N)cs1. The van der Waals surface area contributed by atoms with E-state index in [-0.39, 0.29) is 49.5 Å². The smallest absolute Gasteiger partial charge is 0.243 e. The summed E-state index contributed by atoms with van der Waals surface area (Å²) in [7, 11) is 0. The summed E-state index contributed by atoms with van der Waals surface area (Å²) in [5.41, 5.74) is 7.25. The van der Waals surface area contributed by atoms with Gasteiger partial charge in [0.05, 0.1) is 25.7 Å². The number of nitrogens with one attached hydrogen (secondary N) is 3. The Balaban J connectivity index is 1.36. The number of nitrogen functional groups attached to an aromatic ring is 1. The Kier molecular flexibility index (Phi) is 10.9. The number of nitrogens with two attached hydrogens (primary N) is 1. The number of para-hydroxylation sites is 1. The Bertz CT molecular complexity index is 1430. The maximum absolute atomic E-state index is 13.5. The van der Waals surface area contributed by atoms with Gasteiger partial charge < -0.3 is 30.7 Å². The molecule has 43 heavy (non-hydrogen) atoms. The fourth-order valence-corrected chi connectivity index (χ4v) is 5.63. The molecule has 3 amide bonds. The van der Waals surface area contributed by atoms with Crippen LogP contribution in [0.3, 0.4) is 0 Å². The van der Waals surface area contributed by atoms with Gasteiger partial charge in [0.2, 0.25) is 17.7 Å². The van der Waals surface area contributed by atoms with Crippen LogP contribution in [-0.2, 0) is 14.4 Å². The number of likely N-dealkylation sites (tertiary alicyclic amines) is 1. The zero-order chi connectivity index (χ0) is 30.8. The van der Waals surface area contributed by atoms with Crippen molar-refractivity contribution in [2.24, 2.45) is 5.73 Å². The largest absolute Gasteiger partial charge is 0.494 e. The van der Waals surface area contributed by atoms with E-state index in [0.29, 0.717) is 24.3 Å². The fraction of sp³-hybridized carbons (Fsp3) is 0.312. The zero-order valence-electron chi connectivity index (χ0n) is 24.1. The van der Waals surface area contributed by atoms with E-state index in [1.807, 2.05) is 61.5 Å². The molecule has 11 heteroatoms. The van der Waals surface area contributed by atoms with E-state index in [2.05, 4.69) is 17.2 Å². The number of ether oxygens (including phenoxy) is 2. The summed E-state index contributed by atoms with van der Waals surface area (Å²) in [4.78, 5) is 41.5. The van der Waals surface area contributed by atoms with E-state index in [1.165, 1.54) is 16.2 Å². The molecule has 10 nitrogen and oxygen atoms in total. The molecule has 5 N–H and O–H groups in total. The lowest BCUT2D eigenvalue weighted by atomic mass is 10.1. The minimum atomic E-state index is -0.811. The van der Waals surface area contributed by atoms with Crippen LogP contribution in [0, 0.1) is 12.3 Å². The molecule has 3 aromatic rings. The number of carbonyl (C=O) groups is 3. The van der Waals surface area contributed by atoms with Crippen LogP contribution in [0.5, 0.6) is 11.5 Å². The standard InChI is InChI=1S/C32H37N5O5S/c1-3-26(28-16-22(20-43-28)31(33)34)36-32(40)27-17-25(42-24-13-11-21(2)12-14-24)19-37(27)30(39)18-35-29(38)10-7-15-41-23-8-5-4-6-9-23/h3-6,8-9,11-14,16,20,25-27H,1,7,10,15,17-19H2,2H3,(H3,33,34)(H,35,38)(H,36,40)/t25-,26-,27+/m1/s1. The number of hydrogen-bond donors (Lipinski definition) is 4. The van der Waals surface area contributed by atoms with Crippen molar-refractivity contribution in [3.8, 4) is 11.5 Å². The van der Waals surface area contributed by atoms with Gasteiger partial charge in [0.15, 0.2) is 0 Å². The van der Waals surface area contributed by atoms with Gasteiger partial charge in [0.25, 0.3) is 0 Å². The average Bonchev–Trinajstić information content (AvgIpc) is 3.67. The Morgan fingerprint density at radius 1 is 1.16 bits per heavy atom. The van der Waals surface area contributed by atoms with Crippen molar-refractivity contribution in [3.05, 3.63) is 94.7 Å². The molecule has 1 fully saturated rings. The zero-order valence-corrected chi connectivity index (χ0v) is 24.9. The first-order valence-corrected chi connectivity index (χ1v) is 14.9. The summed E-state index contributed by atoms with van der Waals surface area (Å²) >= 11 is 1.36. The molecule has 0 spiro atoms. The summed E-state index contributed by atoms with van der Waals surface area (Å²) < 4.78 is 11.8. The molecule has 1 aliphatic heterocycles. The van der Waals surface area contributed by atoms with Crippen LogP contribution in [0.4, 0.5) is 0 Å². The first-order valence-electron chi connectivity index (χ1n) is 14.1. The lowest BCUT2D eigenvalue weighted by molar-refractivity contribution is -0.138. The molecule has 0 bridgehead atoms. The highest BCUT2D eigenvalue weighted by atomic mass is 32.1. The van der Waals surface area contributed by atoms with Crippen LogP contribution < -0.4 is 25.8 Å². The molecule has 2 heterocycles. The number of aryl methyl sites for hydroxylation is 1. The van der Waals surface area contributed by atoms with Crippen molar-refractivity contribution in [1.82, 2.24) is 15.5 Å². The predicted molar refractivity (Wildman–Crippen MR) is 166 cm³/mol. The molecule has 0 aliphatic carbocycles. The van der Waals surface area contributed by atoms with Gasteiger partial charge in [-0.2, -0.15) is 0 Å². The van der Waals surface area contributed by atoms with Crippen molar-refractivity contribution in [1.29, 1.82) is 5.41 Å². The third kappa shape index (κ3) is 8.92. The van der Waals surface area contributed by atoms with Crippen molar-refractivity contribution >= 4 is 34.9 Å². The van der Waals surface area contributed by atoms with Gasteiger partial charge in [-0.1, -0.05) is 42.0 Å². The van der Waals surface area contributed by atoms with Crippen LogP contribution >= 0.6 is 11.3 Å². The molecule has 4 rings (SSSR count). The number of rotatable bonds is 14. The minimum Gasteiger partial charge on any atom is -0.494 e. The van der Waals surface area contributed by atoms with Crippen LogP contribution in [0.15, 0.2) is 78.7 Å². The van der Waals surface area contributed by atoms with Crippen molar-refractivity contribution in [2.75, 3.05) is 19.7 Å². The number of amides is 3. The molecule has 2 aromatic carbocycles. The highest BCUT2D eigenvalue weighted by Crippen LogP contribution is 2.27. The fourth-order valence-electron chi connectivity index (χ4n) is 4.67. The van der Waals surface area contributed by atoms with Gasteiger partial charge in [-0.15, -0.1) is 17.9 Å². The lowest BCUT2D eigenvalue weighted by Crippen LogP contribution is -2.49. The summed E-state index contributed by atoms with van der Waals surface area (Å²) in [6, 6.07) is 17.3. The normalized spacial score (nSPS) is 16.6. The molecule has 1 saturated heterocycles. The summed E-state index contributed by atoms with van der Waals surface area (Å²) in [5, 5.41) is 15.0. The number of nitrogens with zero attached hydrogens (tertiary/aromatic N) is 1. The summed E-state index contributed by atoms with van der Waals surface area (Å²) in [6.45, 7) is 6.15. The van der Waals surface area contributed by atoms with Crippen molar-refractivity contribution in [3.63, 3.8) is 0 Å². The van der Waals surface area contributed by atoms with Gasteiger partial charge in [0, 0.05) is 28.7 Å². The molecule has 0 unspecified atom stereocenters. The highest BCUT2D eigenvalue weighted by molar-refractivity contribution is 7.10. The summed E-state index contributed by atoms with van der Waals surface area (Å²) in [6.07, 6.45) is 2.15. The number of thiophene rings is 1. The third-order valence-electron chi connectivity index (χ3n) is 6.98. The second-order valence-corrected chi connectivity index (χ2v) is 11.2. The predicted octanol–water partition coefficient (Wildman–Crippen LogP) is 3.71. The van der Waals surface area contributed by atoms with Crippen LogP contribution in [0.1, 0.15) is 41.3 Å². The Labute approximate surface area is 255 Å². The molecule has 226 valence electrons. The van der Waals surface area contributed by atoms with Crippen molar-refractivity contribution < 1.29 is 23.9 Å². The molecule has 1 aliphatic rings. The first kappa shape index (κ1) is 31.3. The first-order chi connectivity index (χ1) is 20.7. The maximum Gasteiger partial charge on any atom is 0.243 e. The molecular formula is C32H37N5O5S. The van der Waals surface area contributed by atoms with E-state index >= 15 is 0 Å². The van der Waals surface area contributed by atoms with Crippen molar-refractivity contribution in [2.45, 2.75) is 44.4 Å². The lowest BCUT2D eigenvalue weighted by Gasteiger charge is -2.25. The van der Waals surface area contributed by atoms with E-state index in [4.69, 9.17) is 20.6 Å². The Morgan fingerprint density at radius 3 is 2.58 bits per heavy atom. The topological polar surface area (TPSA) is 147 Å². The Morgan fingerprint density at radius 2 is 1.91 bits per heavy atom. The van der Waals surface area contributed by atoms with Crippen LogP contribution in [0.25, 0.3) is 0 Å². The summed E-state index contributed by atoms with van der Waals surface area (Å²) in [5.74, 6) is 0.296. The number of benzene rings is 2. The maximum atomic E-state index is 13.5. The van der Waals surface area contributed by atoms with Gasteiger partial charge in [-0.05, 0) is 43.7 Å². The van der Waals surface area contributed by atoms with E-state index < -0.39 is 18.2 Å². The third-order valence-corrected chi connectivity index (χ3v) is 7.99. The average molecular weight is 604 g/mol. The number of amidine groups is 1. The van der Waals surface area contributed by atoms with Gasteiger partial charge in [-0.25, -0.2) is 0 Å². The van der Waals surface area contributed by atoms with Crippen LogP contribution in [-0.4, -0.2) is 60.3 Å². The molecular weight excluding hydrogens is 566 g/mol. The molecule has 3 atom stereocenters. The Hall–Kier alpha value is -4.64. The van der Waals surface area contributed by atoms with Gasteiger partial charge in [-0.3, -0.25) is 19.8 Å². The quantitative estimate of drug-likeness (QED) is 0.0956. The van der Waals surface area contributed by atoms with Gasteiger partial charge >= 0.3 is 0 Å². The van der Waals surface area contributed by atoms with E-state index in [0.717, 1.165) is 16.2 Å². The monoisotopic (exact) mass is 603 g/mol. The van der Waals surface area contributed by atoms with Gasteiger partial charge in [0.1, 0.15) is 29.5 Å².